The molecule has 1 amide bonds. The van der Waals surface area contributed by atoms with Crippen LogP contribution in [0.1, 0.15) is 11.1 Å². The van der Waals surface area contributed by atoms with E-state index in [2.05, 4.69) is 4.98 Å². The minimum absolute atomic E-state index is 0.0543. The van der Waals surface area contributed by atoms with Crippen molar-refractivity contribution in [3.63, 3.8) is 0 Å². The number of hydrogen-bond acceptors (Lipinski definition) is 3. The third kappa shape index (κ3) is 4.81. The summed E-state index contributed by atoms with van der Waals surface area (Å²) >= 11 is 0. The Morgan fingerprint density at radius 2 is 1.60 bits per heavy atom. The summed E-state index contributed by atoms with van der Waals surface area (Å²) in [7, 11) is 0. The predicted octanol–water partition coefficient (Wildman–Crippen LogP) is 2.92. The summed E-state index contributed by atoms with van der Waals surface area (Å²) in [6, 6.07) is 2.03. The van der Waals surface area contributed by atoms with E-state index in [1.54, 1.807) is 0 Å². The number of nitrogens with one attached hydrogen (secondary N) is 1. The maximum Gasteiger partial charge on any atom is 0.416 e. The zero-order chi connectivity index (χ0) is 18.8. The Morgan fingerprint density at radius 3 is 2.08 bits per heavy atom. The van der Waals surface area contributed by atoms with Crippen molar-refractivity contribution in [2.75, 3.05) is 5.32 Å². The van der Waals surface area contributed by atoms with E-state index < -0.39 is 47.3 Å². The average molecular weight is 365 g/mol. The van der Waals surface area contributed by atoms with E-state index >= 15 is 0 Å². The zero-order valence-electron chi connectivity index (χ0n) is 12.1. The molecule has 1 aromatic heterocycles. The first kappa shape index (κ1) is 18.5. The maximum atomic E-state index is 12.7. The fraction of sp³-hybridized carbons (Fsp3) is 0.214. The van der Waals surface area contributed by atoms with Crippen LogP contribution in [0.15, 0.2) is 41.5 Å². The smallest absolute Gasteiger partial charge is 0.325 e. The zero-order valence-corrected chi connectivity index (χ0v) is 12.1. The molecule has 2 rings (SSSR count). The number of amides is 1. The lowest BCUT2D eigenvalue weighted by molar-refractivity contribution is -0.143. The molecule has 11 heteroatoms. The molecule has 25 heavy (non-hydrogen) atoms. The van der Waals surface area contributed by atoms with Crippen molar-refractivity contribution < 1.29 is 31.1 Å². The summed E-state index contributed by atoms with van der Waals surface area (Å²) in [6.07, 6.45) is -7.69. The second-order valence-electron chi connectivity index (χ2n) is 4.87. The standard InChI is InChI=1S/C14H9F6N3O2/c15-13(16,17)8-4-9(14(18,19)20)6-10(5-8)22-11(24)7-23-3-1-2-21-12(23)25/h1-6H,7H2,(H,22,24). The number of nitrogens with zero attached hydrogens (tertiary/aromatic N) is 2. The van der Waals surface area contributed by atoms with Gasteiger partial charge in [-0.1, -0.05) is 0 Å². The Morgan fingerprint density at radius 1 is 1.04 bits per heavy atom. The van der Waals surface area contributed by atoms with Gasteiger partial charge < -0.3 is 5.32 Å². The molecule has 1 aromatic carbocycles. The monoisotopic (exact) mass is 365 g/mol. The third-order valence-electron chi connectivity index (χ3n) is 2.97. The van der Waals surface area contributed by atoms with Crippen molar-refractivity contribution in [3.8, 4) is 0 Å². The van der Waals surface area contributed by atoms with Gasteiger partial charge in [0.05, 0.1) is 11.1 Å². The third-order valence-corrected chi connectivity index (χ3v) is 2.97. The second-order valence-corrected chi connectivity index (χ2v) is 4.87. The van der Waals surface area contributed by atoms with E-state index in [1.807, 2.05) is 5.32 Å². The molecule has 0 atom stereocenters. The van der Waals surface area contributed by atoms with Crippen LogP contribution in [0.2, 0.25) is 0 Å². The summed E-state index contributed by atoms with van der Waals surface area (Å²) in [5.41, 5.74) is -4.60. The Bertz CT molecular complexity index is 809. The molecule has 0 spiro atoms. The highest BCUT2D eigenvalue weighted by Gasteiger charge is 2.37. The van der Waals surface area contributed by atoms with Gasteiger partial charge in [0.15, 0.2) is 0 Å². The number of carbonyl (C=O) groups is 1. The lowest BCUT2D eigenvalue weighted by Crippen LogP contribution is -2.28. The normalized spacial score (nSPS) is 12.1. The van der Waals surface area contributed by atoms with Crippen LogP contribution in [0.5, 0.6) is 0 Å². The molecule has 0 fully saturated rings. The van der Waals surface area contributed by atoms with E-state index in [1.165, 1.54) is 18.5 Å². The van der Waals surface area contributed by atoms with E-state index in [4.69, 9.17) is 0 Å². The molecule has 1 heterocycles. The van der Waals surface area contributed by atoms with Gasteiger partial charge in [0.25, 0.3) is 0 Å². The van der Waals surface area contributed by atoms with Gasteiger partial charge in [-0.15, -0.1) is 0 Å². The van der Waals surface area contributed by atoms with E-state index in [-0.39, 0.29) is 6.07 Å². The molecule has 0 radical (unpaired) electrons. The number of halogens is 6. The number of anilines is 1. The van der Waals surface area contributed by atoms with Crippen LogP contribution in [0.3, 0.4) is 0 Å². The fourth-order valence-corrected chi connectivity index (χ4v) is 1.89. The Hall–Kier alpha value is -2.85. The molecule has 0 aliphatic heterocycles. The van der Waals surface area contributed by atoms with Crippen molar-refractivity contribution >= 4 is 11.6 Å². The molecule has 0 unspecified atom stereocenters. The van der Waals surface area contributed by atoms with E-state index in [0.29, 0.717) is 12.1 Å². The number of rotatable bonds is 3. The lowest BCUT2D eigenvalue weighted by atomic mass is 10.1. The van der Waals surface area contributed by atoms with Gasteiger partial charge in [0.1, 0.15) is 6.54 Å². The molecule has 0 aliphatic rings. The van der Waals surface area contributed by atoms with Gasteiger partial charge in [-0.25, -0.2) is 9.78 Å². The summed E-state index contributed by atoms with van der Waals surface area (Å²) < 4.78 is 77.3. The van der Waals surface area contributed by atoms with Crippen molar-refractivity contribution in [1.82, 2.24) is 9.55 Å². The maximum absolute atomic E-state index is 12.7. The highest BCUT2D eigenvalue weighted by molar-refractivity contribution is 5.90. The van der Waals surface area contributed by atoms with Gasteiger partial charge in [0, 0.05) is 18.1 Å². The highest BCUT2D eigenvalue weighted by Crippen LogP contribution is 2.37. The van der Waals surface area contributed by atoms with Crippen LogP contribution in [0, 0.1) is 0 Å². The van der Waals surface area contributed by atoms with Crippen molar-refractivity contribution in [2.45, 2.75) is 18.9 Å². The number of alkyl halides is 6. The number of carbonyl (C=O) groups excluding carboxylic acids is 1. The minimum Gasteiger partial charge on any atom is -0.325 e. The number of hydrogen-bond donors (Lipinski definition) is 1. The fourth-order valence-electron chi connectivity index (χ4n) is 1.89. The minimum atomic E-state index is -5.03. The largest absolute Gasteiger partial charge is 0.416 e. The Kier molecular flexibility index (Phi) is 4.86. The summed E-state index contributed by atoms with van der Waals surface area (Å²) in [4.78, 5) is 26.5. The SMILES string of the molecule is O=C(Cn1cccnc1=O)Nc1cc(C(F)(F)F)cc(C(F)(F)F)c1. The van der Waals surface area contributed by atoms with Crippen LogP contribution in [0.4, 0.5) is 32.0 Å². The molecule has 2 aromatic rings. The quantitative estimate of drug-likeness (QED) is 0.851. The van der Waals surface area contributed by atoms with Crippen molar-refractivity contribution in [1.29, 1.82) is 0 Å². The van der Waals surface area contributed by atoms with Crippen molar-refractivity contribution in [2.24, 2.45) is 0 Å². The first-order valence-electron chi connectivity index (χ1n) is 6.57. The highest BCUT2D eigenvalue weighted by atomic mass is 19.4. The Balaban J connectivity index is 2.30. The van der Waals surface area contributed by atoms with E-state index in [0.717, 1.165) is 4.57 Å². The van der Waals surface area contributed by atoms with E-state index in [9.17, 15) is 35.9 Å². The van der Waals surface area contributed by atoms with Gasteiger partial charge in [-0.2, -0.15) is 26.3 Å². The molecule has 0 bridgehead atoms. The molecule has 0 saturated carbocycles. The average Bonchev–Trinajstić information content (AvgIpc) is 2.47. The number of aromatic nitrogens is 2. The molecular formula is C14H9F6N3O2. The first-order chi connectivity index (χ1) is 11.5. The first-order valence-corrected chi connectivity index (χ1v) is 6.57. The summed E-state index contributed by atoms with van der Waals surface area (Å²) in [6.45, 7) is -0.621. The van der Waals surface area contributed by atoms with Crippen LogP contribution in [0.25, 0.3) is 0 Å². The van der Waals surface area contributed by atoms with Gasteiger partial charge >= 0.3 is 18.0 Å². The second kappa shape index (κ2) is 6.57. The topological polar surface area (TPSA) is 64.0 Å². The lowest BCUT2D eigenvalue weighted by Gasteiger charge is -2.15. The molecule has 0 aliphatic carbocycles. The number of benzene rings is 1. The molecule has 134 valence electrons. The van der Waals surface area contributed by atoms with Gasteiger partial charge in [-0.3, -0.25) is 9.36 Å². The van der Waals surface area contributed by atoms with Crippen LogP contribution < -0.4 is 11.0 Å². The van der Waals surface area contributed by atoms with Crippen molar-refractivity contribution in [3.05, 3.63) is 58.3 Å². The molecule has 0 saturated heterocycles. The molecule has 1 N–H and O–H groups in total. The van der Waals surface area contributed by atoms with Crippen LogP contribution in [-0.2, 0) is 23.7 Å². The summed E-state index contributed by atoms with van der Waals surface area (Å²) in [5, 5.41) is 1.92. The summed E-state index contributed by atoms with van der Waals surface area (Å²) in [5.74, 6) is -0.984. The molecule has 5 nitrogen and oxygen atoms in total. The van der Waals surface area contributed by atoms with Crippen LogP contribution >= 0.6 is 0 Å². The van der Waals surface area contributed by atoms with Gasteiger partial charge in [-0.05, 0) is 24.3 Å². The predicted molar refractivity (Wildman–Crippen MR) is 73.6 cm³/mol. The van der Waals surface area contributed by atoms with Crippen LogP contribution in [-0.4, -0.2) is 15.5 Å². The molecular weight excluding hydrogens is 356 g/mol. The van der Waals surface area contributed by atoms with Gasteiger partial charge in [0.2, 0.25) is 5.91 Å². The Labute approximate surface area is 135 Å².